The summed E-state index contributed by atoms with van der Waals surface area (Å²) in [5, 5.41) is 8.09. The molecule has 6 nitrogen and oxygen atoms in total. The molecule has 0 radical (unpaired) electrons. The summed E-state index contributed by atoms with van der Waals surface area (Å²) in [6.07, 6.45) is 0.675. The van der Waals surface area contributed by atoms with Crippen LogP contribution in [0.3, 0.4) is 0 Å². The summed E-state index contributed by atoms with van der Waals surface area (Å²) in [5.74, 6) is 1.18. The first-order valence-electron chi connectivity index (χ1n) is 8.16. The van der Waals surface area contributed by atoms with Crippen LogP contribution in [0.4, 0.5) is 5.82 Å². The van der Waals surface area contributed by atoms with Crippen molar-refractivity contribution in [3.63, 3.8) is 0 Å². The lowest BCUT2D eigenvalue weighted by Gasteiger charge is -2.35. The van der Waals surface area contributed by atoms with E-state index in [1.165, 1.54) is 11.4 Å². The fourth-order valence-corrected chi connectivity index (χ4v) is 3.37. The Morgan fingerprint density at radius 3 is 2.50 bits per heavy atom. The van der Waals surface area contributed by atoms with Gasteiger partial charge in [0.15, 0.2) is 0 Å². The van der Waals surface area contributed by atoms with Crippen molar-refractivity contribution in [3.8, 4) is 0 Å². The largest absolute Gasteiger partial charge is 0.373 e. The molecule has 2 rings (SSSR count). The molecule has 1 fully saturated rings. The number of anilines is 1. The molecule has 1 aromatic rings. The van der Waals surface area contributed by atoms with Gasteiger partial charge in [-0.1, -0.05) is 0 Å². The van der Waals surface area contributed by atoms with E-state index in [0.29, 0.717) is 12.2 Å². The molecule has 0 amide bonds. The first-order chi connectivity index (χ1) is 10.4. The zero-order valence-corrected chi connectivity index (χ0v) is 14.9. The predicted molar refractivity (Wildman–Crippen MR) is 90.4 cm³/mol. The molecule has 1 aromatic heterocycles. The van der Waals surface area contributed by atoms with Crippen LogP contribution in [-0.4, -0.2) is 67.2 Å². The number of aromatic nitrogens is 2. The zero-order valence-electron chi connectivity index (χ0n) is 14.9. The number of hydrogen-bond donors (Lipinski definition) is 1. The van der Waals surface area contributed by atoms with Crippen molar-refractivity contribution in [2.45, 2.75) is 39.5 Å². The molecular formula is C16H31N5O. The summed E-state index contributed by atoms with van der Waals surface area (Å²) in [4.78, 5) is 4.61. The van der Waals surface area contributed by atoms with Crippen LogP contribution >= 0.6 is 0 Å². The molecule has 0 saturated carbocycles. The molecular weight excluding hydrogens is 278 g/mol. The molecule has 126 valence electrons. The Kier molecular flexibility index (Phi) is 5.83. The van der Waals surface area contributed by atoms with E-state index in [-0.39, 0.29) is 0 Å². The second-order valence-electron chi connectivity index (χ2n) is 6.60. The fourth-order valence-electron chi connectivity index (χ4n) is 3.37. The lowest BCUT2D eigenvalue weighted by atomic mass is 10.2. The van der Waals surface area contributed by atoms with Crippen molar-refractivity contribution < 1.29 is 4.74 Å². The molecule has 2 heterocycles. The third-order valence-corrected chi connectivity index (χ3v) is 4.14. The summed E-state index contributed by atoms with van der Waals surface area (Å²) >= 11 is 0. The average Bonchev–Trinajstić information content (AvgIpc) is 2.68. The molecule has 0 aromatic carbocycles. The van der Waals surface area contributed by atoms with Gasteiger partial charge in [-0.2, -0.15) is 5.10 Å². The monoisotopic (exact) mass is 309 g/mol. The highest BCUT2D eigenvalue weighted by atomic mass is 16.5. The SMILES string of the molecule is Cc1nn(C)c(N(C)C)c1CNCCN1CC(C)OC(C)C1. The lowest BCUT2D eigenvalue weighted by molar-refractivity contribution is -0.0674. The normalized spacial score (nSPS) is 23.0. The van der Waals surface area contributed by atoms with Gasteiger partial charge in [0, 0.05) is 59.4 Å². The molecule has 22 heavy (non-hydrogen) atoms. The van der Waals surface area contributed by atoms with E-state index in [2.05, 4.69) is 55.1 Å². The van der Waals surface area contributed by atoms with Gasteiger partial charge in [-0.3, -0.25) is 9.58 Å². The second-order valence-corrected chi connectivity index (χ2v) is 6.60. The maximum Gasteiger partial charge on any atom is 0.130 e. The van der Waals surface area contributed by atoms with E-state index in [1.54, 1.807) is 0 Å². The first kappa shape index (κ1) is 17.2. The van der Waals surface area contributed by atoms with Crippen LogP contribution in [0.5, 0.6) is 0 Å². The van der Waals surface area contributed by atoms with Crippen LogP contribution in [0.15, 0.2) is 0 Å². The van der Waals surface area contributed by atoms with Gasteiger partial charge < -0.3 is 15.0 Å². The van der Waals surface area contributed by atoms with E-state index >= 15 is 0 Å². The molecule has 0 aliphatic carbocycles. The Morgan fingerprint density at radius 1 is 1.27 bits per heavy atom. The smallest absolute Gasteiger partial charge is 0.130 e. The Morgan fingerprint density at radius 2 is 1.91 bits per heavy atom. The Bertz CT molecular complexity index is 475. The topological polar surface area (TPSA) is 45.6 Å². The van der Waals surface area contributed by atoms with E-state index in [0.717, 1.165) is 38.4 Å². The van der Waals surface area contributed by atoms with Gasteiger partial charge in [0.05, 0.1) is 17.9 Å². The van der Waals surface area contributed by atoms with Gasteiger partial charge in [0.2, 0.25) is 0 Å². The molecule has 2 unspecified atom stereocenters. The highest BCUT2D eigenvalue weighted by Crippen LogP contribution is 2.20. The average molecular weight is 309 g/mol. The van der Waals surface area contributed by atoms with Gasteiger partial charge in [-0.25, -0.2) is 0 Å². The standard InChI is InChI=1S/C16H31N5O/c1-12-10-21(11-13(2)22-12)8-7-17-9-15-14(3)18-20(6)16(15)19(4)5/h12-13,17H,7-11H2,1-6H3. The third kappa shape index (κ3) is 4.21. The van der Waals surface area contributed by atoms with Gasteiger partial charge in [0.25, 0.3) is 0 Å². The fraction of sp³-hybridized carbons (Fsp3) is 0.812. The van der Waals surface area contributed by atoms with Crippen molar-refractivity contribution in [1.82, 2.24) is 20.0 Å². The second kappa shape index (κ2) is 7.44. The van der Waals surface area contributed by atoms with Gasteiger partial charge >= 0.3 is 0 Å². The van der Waals surface area contributed by atoms with Gasteiger partial charge in [0.1, 0.15) is 5.82 Å². The molecule has 2 atom stereocenters. The lowest BCUT2D eigenvalue weighted by Crippen LogP contribution is -2.47. The van der Waals surface area contributed by atoms with Crippen molar-refractivity contribution in [1.29, 1.82) is 0 Å². The summed E-state index contributed by atoms with van der Waals surface area (Å²) < 4.78 is 7.73. The summed E-state index contributed by atoms with van der Waals surface area (Å²) in [6, 6.07) is 0. The van der Waals surface area contributed by atoms with Gasteiger partial charge in [-0.05, 0) is 20.8 Å². The minimum absolute atomic E-state index is 0.338. The summed E-state index contributed by atoms with van der Waals surface area (Å²) in [6.45, 7) is 11.4. The quantitative estimate of drug-likeness (QED) is 0.794. The van der Waals surface area contributed by atoms with E-state index < -0.39 is 0 Å². The van der Waals surface area contributed by atoms with Crippen molar-refractivity contribution in [2.75, 3.05) is 45.2 Å². The molecule has 1 aliphatic rings. The van der Waals surface area contributed by atoms with E-state index in [4.69, 9.17) is 4.74 Å². The minimum Gasteiger partial charge on any atom is -0.373 e. The van der Waals surface area contributed by atoms with Crippen LogP contribution < -0.4 is 10.2 Å². The molecule has 0 bridgehead atoms. The van der Waals surface area contributed by atoms with E-state index in [1.807, 2.05) is 11.7 Å². The molecule has 1 aliphatic heterocycles. The van der Waals surface area contributed by atoms with Crippen molar-refractivity contribution in [2.24, 2.45) is 7.05 Å². The zero-order chi connectivity index (χ0) is 16.3. The number of nitrogens with one attached hydrogen (secondary N) is 1. The maximum absolute atomic E-state index is 5.77. The Balaban J connectivity index is 1.82. The van der Waals surface area contributed by atoms with Crippen LogP contribution in [0.1, 0.15) is 25.1 Å². The third-order valence-electron chi connectivity index (χ3n) is 4.14. The maximum atomic E-state index is 5.77. The highest BCUT2D eigenvalue weighted by Gasteiger charge is 2.21. The van der Waals surface area contributed by atoms with Crippen molar-refractivity contribution >= 4 is 5.82 Å². The number of morpholine rings is 1. The number of rotatable bonds is 6. The number of aryl methyl sites for hydroxylation is 2. The number of nitrogens with zero attached hydrogens (tertiary/aromatic N) is 4. The molecule has 1 N–H and O–H groups in total. The summed E-state index contributed by atoms with van der Waals surface area (Å²) in [5.41, 5.74) is 2.39. The molecule has 1 saturated heterocycles. The van der Waals surface area contributed by atoms with E-state index in [9.17, 15) is 0 Å². The molecule has 0 spiro atoms. The Hall–Kier alpha value is -1.11. The molecule has 6 heteroatoms. The van der Waals surface area contributed by atoms with Crippen LogP contribution in [0.25, 0.3) is 0 Å². The Labute approximate surface area is 134 Å². The number of ether oxygens (including phenoxy) is 1. The van der Waals surface area contributed by atoms with Crippen LogP contribution in [-0.2, 0) is 18.3 Å². The number of hydrogen-bond acceptors (Lipinski definition) is 5. The summed E-state index contributed by atoms with van der Waals surface area (Å²) in [7, 11) is 6.13. The van der Waals surface area contributed by atoms with Crippen LogP contribution in [0, 0.1) is 6.92 Å². The predicted octanol–water partition coefficient (Wildman–Crippen LogP) is 0.993. The highest BCUT2D eigenvalue weighted by molar-refractivity contribution is 5.48. The first-order valence-corrected chi connectivity index (χ1v) is 8.16. The van der Waals surface area contributed by atoms with Crippen LogP contribution in [0.2, 0.25) is 0 Å². The van der Waals surface area contributed by atoms with Gasteiger partial charge in [-0.15, -0.1) is 0 Å². The minimum atomic E-state index is 0.338. The van der Waals surface area contributed by atoms with Crippen molar-refractivity contribution in [3.05, 3.63) is 11.3 Å².